The number of amides is 1. The Hall–Kier alpha value is -1.37. The van der Waals surface area contributed by atoms with Crippen molar-refractivity contribution in [2.24, 2.45) is 0 Å². The third kappa shape index (κ3) is 5.33. The molecule has 4 nitrogen and oxygen atoms in total. The van der Waals surface area contributed by atoms with Crippen molar-refractivity contribution in [3.8, 4) is 0 Å². The quantitative estimate of drug-likeness (QED) is 0.304. The number of hydrogen-bond donors (Lipinski definition) is 0. The van der Waals surface area contributed by atoms with Gasteiger partial charge in [0, 0.05) is 18.0 Å². The predicted octanol–water partition coefficient (Wildman–Crippen LogP) is 4.27. The van der Waals surface area contributed by atoms with Crippen molar-refractivity contribution in [2.45, 2.75) is 25.7 Å². The molecule has 24 heavy (non-hydrogen) atoms. The Labute approximate surface area is 156 Å². The minimum absolute atomic E-state index is 0.0713. The molecular weight excluding hydrogens is 366 g/mol. The van der Waals surface area contributed by atoms with Gasteiger partial charge in [-0.3, -0.25) is 14.5 Å². The number of esters is 1. The SMILES string of the molecule is COC(=O)CCCCCN1C(=O)C(=Cc2cccc(Cl)c2)SC1=S. The number of ether oxygens (including phenoxy) is 1. The maximum absolute atomic E-state index is 12.5. The van der Waals surface area contributed by atoms with Gasteiger partial charge in [0.15, 0.2) is 0 Å². The first-order valence-corrected chi connectivity index (χ1v) is 9.19. The van der Waals surface area contributed by atoms with Gasteiger partial charge >= 0.3 is 5.97 Å². The van der Waals surface area contributed by atoms with Crippen LogP contribution in [0.1, 0.15) is 31.2 Å². The molecule has 1 aliphatic rings. The lowest BCUT2D eigenvalue weighted by Gasteiger charge is -2.13. The minimum Gasteiger partial charge on any atom is -0.469 e. The Bertz CT molecular complexity index is 676. The smallest absolute Gasteiger partial charge is 0.305 e. The molecule has 1 aromatic rings. The average Bonchev–Trinajstić information content (AvgIpc) is 2.81. The highest BCUT2D eigenvalue weighted by Crippen LogP contribution is 2.33. The highest BCUT2D eigenvalue weighted by molar-refractivity contribution is 8.26. The molecule has 1 amide bonds. The number of carbonyl (C=O) groups excluding carboxylic acids is 2. The van der Waals surface area contributed by atoms with Crippen LogP contribution in [0.5, 0.6) is 0 Å². The van der Waals surface area contributed by atoms with E-state index in [0.29, 0.717) is 27.2 Å². The Kier molecular flexibility index (Phi) is 7.27. The first-order valence-electron chi connectivity index (χ1n) is 7.59. The van der Waals surface area contributed by atoms with Crippen molar-refractivity contribution in [1.82, 2.24) is 4.90 Å². The molecule has 1 saturated heterocycles. The zero-order valence-corrected chi connectivity index (χ0v) is 15.7. The van der Waals surface area contributed by atoms with Crippen molar-refractivity contribution in [1.29, 1.82) is 0 Å². The van der Waals surface area contributed by atoms with Crippen LogP contribution in [0.2, 0.25) is 5.02 Å². The van der Waals surface area contributed by atoms with Gasteiger partial charge in [-0.25, -0.2) is 0 Å². The second kappa shape index (κ2) is 9.20. The zero-order valence-electron chi connectivity index (χ0n) is 13.3. The Morgan fingerprint density at radius 1 is 1.38 bits per heavy atom. The molecule has 0 bridgehead atoms. The minimum atomic E-state index is -0.204. The molecule has 1 aliphatic heterocycles. The van der Waals surface area contributed by atoms with Gasteiger partial charge in [-0.2, -0.15) is 0 Å². The zero-order chi connectivity index (χ0) is 17.5. The predicted molar refractivity (Wildman–Crippen MR) is 102 cm³/mol. The largest absolute Gasteiger partial charge is 0.469 e. The van der Waals surface area contributed by atoms with E-state index in [9.17, 15) is 9.59 Å². The number of thiocarbonyl (C=S) groups is 1. The lowest BCUT2D eigenvalue weighted by Crippen LogP contribution is -2.29. The number of thioether (sulfide) groups is 1. The van der Waals surface area contributed by atoms with Crippen LogP contribution in [0.25, 0.3) is 6.08 Å². The number of hydrogen-bond acceptors (Lipinski definition) is 5. The molecule has 0 spiro atoms. The summed E-state index contributed by atoms with van der Waals surface area (Å²) in [6.07, 6.45) is 4.61. The highest BCUT2D eigenvalue weighted by atomic mass is 35.5. The molecule has 128 valence electrons. The summed E-state index contributed by atoms with van der Waals surface area (Å²) in [7, 11) is 1.38. The van der Waals surface area contributed by atoms with Gasteiger partial charge < -0.3 is 4.74 Å². The molecule has 0 saturated carbocycles. The number of rotatable bonds is 7. The summed E-state index contributed by atoms with van der Waals surface area (Å²) in [5, 5.41) is 0.629. The summed E-state index contributed by atoms with van der Waals surface area (Å²) >= 11 is 12.6. The van der Waals surface area contributed by atoms with Gasteiger partial charge in [0.2, 0.25) is 0 Å². The van der Waals surface area contributed by atoms with Crippen LogP contribution >= 0.6 is 35.6 Å². The van der Waals surface area contributed by atoms with Crippen LogP contribution in [0.4, 0.5) is 0 Å². The molecular formula is C17H18ClNO3S2. The van der Waals surface area contributed by atoms with Gasteiger partial charge in [0.05, 0.1) is 12.0 Å². The van der Waals surface area contributed by atoms with Crippen molar-refractivity contribution in [3.05, 3.63) is 39.8 Å². The fraction of sp³-hybridized carbons (Fsp3) is 0.353. The lowest BCUT2D eigenvalue weighted by molar-refractivity contribution is -0.140. The molecule has 1 heterocycles. The highest BCUT2D eigenvalue weighted by Gasteiger charge is 2.31. The van der Waals surface area contributed by atoms with E-state index in [0.717, 1.165) is 24.8 Å². The number of nitrogens with zero attached hydrogens (tertiary/aromatic N) is 1. The van der Waals surface area contributed by atoms with Crippen LogP contribution in [-0.2, 0) is 14.3 Å². The first-order chi connectivity index (χ1) is 11.5. The van der Waals surface area contributed by atoms with Crippen LogP contribution < -0.4 is 0 Å². The molecule has 0 unspecified atom stereocenters. The molecule has 7 heteroatoms. The maximum Gasteiger partial charge on any atom is 0.305 e. The van der Waals surface area contributed by atoms with E-state index in [-0.39, 0.29) is 11.9 Å². The average molecular weight is 384 g/mol. The molecule has 1 aromatic carbocycles. The van der Waals surface area contributed by atoms with E-state index >= 15 is 0 Å². The van der Waals surface area contributed by atoms with E-state index in [1.807, 2.05) is 18.2 Å². The fourth-order valence-electron chi connectivity index (χ4n) is 2.26. The number of halogens is 1. The molecule has 1 fully saturated rings. The second-order valence-corrected chi connectivity index (χ2v) is 7.39. The lowest BCUT2D eigenvalue weighted by atomic mass is 10.2. The molecule has 2 rings (SSSR count). The van der Waals surface area contributed by atoms with Crippen molar-refractivity contribution in [3.63, 3.8) is 0 Å². The third-order valence-electron chi connectivity index (χ3n) is 3.51. The Morgan fingerprint density at radius 3 is 2.88 bits per heavy atom. The van der Waals surface area contributed by atoms with Gasteiger partial charge in [-0.15, -0.1) is 0 Å². The van der Waals surface area contributed by atoms with Gasteiger partial charge in [-0.05, 0) is 36.6 Å². The van der Waals surface area contributed by atoms with Gasteiger partial charge in [-0.1, -0.05) is 54.1 Å². The van der Waals surface area contributed by atoms with Crippen LogP contribution in [0.15, 0.2) is 29.2 Å². The normalized spacial score (nSPS) is 16.1. The fourth-order valence-corrected chi connectivity index (χ4v) is 3.77. The van der Waals surface area contributed by atoms with Crippen molar-refractivity contribution < 1.29 is 14.3 Å². The molecule has 0 aromatic heterocycles. The second-order valence-electron chi connectivity index (χ2n) is 5.28. The molecule has 0 N–H and O–H groups in total. The molecule has 0 atom stereocenters. The number of methoxy groups -OCH3 is 1. The summed E-state index contributed by atoms with van der Waals surface area (Å²) in [6, 6.07) is 7.33. The summed E-state index contributed by atoms with van der Waals surface area (Å²) < 4.78 is 5.17. The Morgan fingerprint density at radius 2 is 2.17 bits per heavy atom. The standard InChI is InChI=1S/C17H18ClNO3S2/c1-22-15(20)8-3-2-4-9-19-16(21)14(24-17(19)23)11-12-6-5-7-13(18)10-12/h5-7,10-11H,2-4,8-9H2,1H3. The van der Waals surface area contributed by atoms with Crippen LogP contribution in [0.3, 0.4) is 0 Å². The van der Waals surface area contributed by atoms with Gasteiger partial charge in [0.1, 0.15) is 4.32 Å². The van der Waals surface area contributed by atoms with Crippen molar-refractivity contribution >= 4 is 57.9 Å². The number of unbranched alkanes of at least 4 members (excludes halogenated alkanes) is 2. The monoisotopic (exact) mass is 383 g/mol. The molecule has 0 aliphatic carbocycles. The summed E-state index contributed by atoms with van der Waals surface area (Å²) in [5.74, 6) is -0.275. The van der Waals surface area contributed by atoms with E-state index in [1.54, 1.807) is 17.0 Å². The van der Waals surface area contributed by atoms with Gasteiger partial charge in [0.25, 0.3) is 5.91 Å². The summed E-state index contributed by atoms with van der Waals surface area (Å²) in [5.41, 5.74) is 0.876. The topological polar surface area (TPSA) is 46.6 Å². The van der Waals surface area contributed by atoms with Crippen molar-refractivity contribution in [2.75, 3.05) is 13.7 Å². The first kappa shape index (κ1) is 19.0. The number of carbonyl (C=O) groups is 2. The van der Waals surface area contributed by atoms with E-state index < -0.39 is 0 Å². The maximum atomic E-state index is 12.5. The Balaban J connectivity index is 1.88. The van der Waals surface area contributed by atoms with Crippen LogP contribution in [-0.4, -0.2) is 34.8 Å². The van der Waals surface area contributed by atoms with Crippen LogP contribution in [0, 0.1) is 0 Å². The third-order valence-corrected chi connectivity index (χ3v) is 5.12. The molecule has 0 radical (unpaired) electrons. The summed E-state index contributed by atoms with van der Waals surface area (Å²) in [4.78, 5) is 25.7. The number of benzene rings is 1. The van der Waals surface area contributed by atoms with E-state index in [4.69, 9.17) is 23.8 Å². The van der Waals surface area contributed by atoms with E-state index in [1.165, 1.54) is 18.9 Å². The summed E-state index contributed by atoms with van der Waals surface area (Å²) in [6.45, 7) is 0.568. The van der Waals surface area contributed by atoms with E-state index in [2.05, 4.69) is 4.74 Å².